The summed E-state index contributed by atoms with van der Waals surface area (Å²) in [5, 5.41) is 15.4. The molecule has 0 saturated carbocycles. The smallest absolute Gasteiger partial charge is 0.274 e. The molecule has 0 spiro atoms. The van der Waals surface area contributed by atoms with Gasteiger partial charge in [-0.2, -0.15) is 0 Å². The number of nitrogens with one attached hydrogen (secondary N) is 2. The number of para-hydroxylation sites is 1. The van der Waals surface area contributed by atoms with Crippen LogP contribution in [0.3, 0.4) is 0 Å². The maximum atomic E-state index is 11.9. The van der Waals surface area contributed by atoms with Gasteiger partial charge in [-0.05, 0) is 31.2 Å². The van der Waals surface area contributed by atoms with Gasteiger partial charge in [0.2, 0.25) is 6.23 Å². The molecule has 0 bridgehead atoms. The second-order valence-corrected chi connectivity index (χ2v) is 4.56. The van der Waals surface area contributed by atoms with E-state index < -0.39 is 12.1 Å². The maximum Gasteiger partial charge on any atom is 0.274 e. The number of benzene rings is 1. The van der Waals surface area contributed by atoms with Gasteiger partial charge >= 0.3 is 0 Å². The lowest BCUT2D eigenvalue weighted by Gasteiger charge is -2.15. The van der Waals surface area contributed by atoms with Crippen LogP contribution in [0.15, 0.2) is 42.5 Å². The maximum absolute atomic E-state index is 11.9. The first kappa shape index (κ1) is 14.3. The third kappa shape index (κ3) is 3.69. The van der Waals surface area contributed by atoms with Crippen molar-refractivity contribution in [2.75, 3.05) is 10.6 Å². The predicted octanol–water partition coefficient (Wildman–Crippen LogP) is 2.41. The van der Waals surface area contributed by atoms with E-state index in [4.69, 9.17) is 11.6 Å². The SMILES string of the molecule is Cc1nc(Cl)ccc1NC(=O)C(O)Nc1ccccc1. The van der Waals surface area contributed by atoms with Crippen molar-refractivity contribution in [3.8, 4) is 0 Å². The molecular weight excluding hydrogens is 278 g/mol. The van der Waals surface area contributed by atoms with Crippen LogP contribution in [0.4, 0.5) is 11.4 Å². The summed E-state index contributed by atoms with van der Waals surface area (Å²) in [6.45, 7) is 1.72. The van der Waals surface area contributed by atoms with Crippen LogP contribution in [-0.4, -0.2) is 22.2 Å². The minimum Gasteiger partial charge on any atom is -0.366 e. The molecule has 6 heteroatoms. The first-order chi connectivity index (χ1) is 9.56. The van der Waals surface area contributed by atoms with E-state index in [0.717, 1.165) is 0 Å². The zero-order chi connectivity index (χ0) is 14.5. The number of carbonyl (C=O) groups excluding carboxylic acids is 1. The minimum absolute atomic E-state index is 0.350. The molecule has 5 nitrogen and oxygen atoms in total. The highest BCUT2D eigenvalue weighted by Gasteiger charge is 2.15. The molecule has 1 heterocycles. The van der Waals surface area contributed by atoms with Crippen molar-refractivity contribution in [3.63, 3.8) is 0 Å². The quantitative estimate of drug-likeness (QED) is 0.597. The minimum atomic E-state index is -1.35. The molecule has 0 saturated heterocycles. The number of carbonyl (C=O) groups is 1. The van der Waals surface area contributed by atoms with Gasteiger partial charge in [0.15, 0.2) is 0 Å². The fraction of sp³-hybridized carbons (Fsp3) is 0.143. The van der Waals surface area contributed by atoms with Crippen molar-refractivity contribution in [2.24, 2.45) is 0 Å². The highest BCUT2D eigenvalue weighted by Crippen LogP contribution is 2.16. The van der Waals surface area contributed by atoms with E-state index in [1.165, 1.54) is 0 Å². The van der Waals surface area contributed by atoms with Crippen molar-refractivity contribution in [3.05, 3.63) is 53.3 Å². The largest absolute Gasteiger partial charge is 0.366 e. The Kier molecular flexibility index (Phi) is 4.55. The first-order valence-electron chi connectivity index (χ1n) is 6.00. The average molecular weight is 292 g/mol. The number of halogens is 1. The van der Waals surface area contributed by atoms with Crippen LogP contribution in [0.1, 0.15) is 5.69 Å². The van der Waals surface area contributed by atoms with E-state index in [0.29, 0.717) is 22.2 Å². The normalized spacial score (nSPS) is 11.8. The van der Waals surface area contributed by atoms with Crippen LogP contribution in [-0.2, 0) is 4.79 Å². The van der Waals surface area contributed by atoms with Gasteiger partial charge in [-0.1, -0.05) is 29.8 Å². The average Bonchev–Trinajstić information content (AvgIpc) is 2.43. The molecule has 0 aliphatic heterocycles. The summed E-state index contributed by atoms with van der Waals surface area (Å²) in [5.41, 5.74) is 1.74. The monoisotopic (exact) mass is 291 g/mol. The van der Waals surface area contributed by atoms with Crippen molar-refractivity contribution < 1.29 is 9.90 Å². The summed E-state index contributed by atoms with van der Waals surface area (Å²) in [6, 6.07) is 12.2. The summed E-state index contributed by atoms with van der Waals surface area (Å²) in [7, 11) is 0. The van der Waals surface area contributed by atoms with Gasteiger partial charge in [0.1, 0.15) is 5.15 Å². The number of hydrogen-bond donors (Lipinski definition) is 3. The lowest BCUT2D eigenvalue weighted by atomic mass is 10.3. The van der Waals surface area contributed by atoms with Gasteiger partial charge < -0.3 is 15.7 Å². The summed E-state index contributed by atoms with van der Waals surface area (Å²) in [5.74, 6) is -0.568. The molecule has 2 rings (SSSR count). The molecule has 1 aromatic carbocycles. The Hall–Kier alpha value is -2.11. The highest BCUT2D eigenvalue weighted by molar-refractivity contribution is 6.29. The fourth-order valence-corrected chi connectivity index (χ4v) is 1.81. The molecule has 0 aliphatic rings. The van der Waals surface area contributed by atoms with Crippen molar-refractivity contribution in [1.82, 2.24) is 4.98 Å². The molecule has 1 amide bonds. The van der Waals surface area contributed by atoms with E-state index in [-0.39, 0.29) is 0 Å². The lowest BCUT2D eigenvalue weighted by Crippen LogP contribution is -2.34. The summed E-state index contributed by atoms with van der Waals surface area (Å²) in [6.07, 6.45) is -1.35. The van der Waals surface area contributed by atoms with E-state index in [1.807, 2.05) is 6.07 Å². The number of amides is 1. The van der Waals surface area contributed by atoms with Crippen LogP contribution >= 0.6 is 11.6 Å². The fourth-order valence-electron chi connectivity index (χ4n) is 1.62. The zero-order valence-electron chi connectivity index (χ0n) is 10.8. The third-order valence-electron chi connectivity index (χ3n) is 2.64. The number of aliphatic hydroxyl groups is 1. The number of nitrogens with zero attached hydrogens (tertiary/aromatic N) is 1. The molecule has 0 aliphatic carbocycles. The van der Waals surface area contributed by atoms with Crippen molar-refractivity contribution >= 4 is 28.9 Å². The van der Waals surface area contributed by atoms with Gasteiger partial charge in [-0.3, -0.25) is 4.79 Å². The van der Waals surface area contributed by atoms with E-state index >= 15 is 0 Å². The highest BCUT2D eigenvalue weighted by atomic mass is 35.5. The lowest BCUT2D eigenvalue weighted by molar-refractivity contribution is -0.122. The Balaban J connectivity index is 2.01. The molecule has 2 aromatic rings. The molecule has 0 radical (unpaired) electrons. The number of hydrogen-bond acceptors (Lipinski definition) is 4. The van der Waals surface area contributed by atoms with Gasteiger partial charge in [0, 0.05) is 5.69 Å². The number of aromatic nitrogens is 1. The molecule has 104 valence electrons. The van der Waals surface area contributed by atoms with Crippen molar-refractivity contribution in [1.29, 1.82) is 0 Å². The Morgan fingerprint density at radius 1 is 1.25 bits per heavy atom. The van der Waals surface area contributed by atoms with Crippen LogP contribution in [0.5, 0.6) is 0 Å². The number of rotatable bonds is 4. The molecule has 1 atom stereocenters. The molecule has 0 fully saturated rings. The number of pyridine rings is 1. The summed E-state index contributed by atoms with van der Waals surface area (Å²) >= 11 is 5.74. The predicted molar refractivity (Wildman–Crippen MR) is 78.7 cm³/mol. The van der Waals surface area contributed by atoms with Crippen molar-refractivity contribution in [2.45, 2.75) is 13.2 Å². The molecule has 20 heavy (non-hydrogen) atoms. The van der Waals surface area contributed by atoms with Gasteiger partial charge in [-0.25, -0.2) is 4.98 Å². The third-order valence-corrected chi connectivity index (χ3v) is 2.85. The number of anilines is 2. The number of aliphatic hydroxyl groups excluding tert-OH is 1. The van der Waals surface area contributed by atoms with E-state index in [9.17, 15) is 9.90 Å². The summed E-state index contributed by atoms with van der Waals surface area (Å²) < 4.78 is 0. The van der Waals surface area contributed by atoms with Crippen LogP contribution in [0.25, 0.3) is 0 Å². The Bertz CT molecular complexity index is 605. The second kappa shape index (κ2) is 6.36. The van der Waals surface area contributed by atoms with Crippen LogP contribution < -0.4 is 10.6 Å². The molecule has 1 unspecified atom stereocenters. The van der Waals surface area contributed by atoms with Gasteiger partial charge in [0.25, 0.3) is 5.91 Å². The standard InChI is InChI=1S/C14H14ClN3O2/c1-9-11(7-8-12(15)16-9)18-14(20)13(19)17-10-5-3-2-4-6-10/h2-8,13,17,19H,1H3,(H,18,20). The number of aryl methyl sites for hydroxylation is 1. The topological polar surface area (TPSA) is 74.2 Å². The Morgan fingerprint density at radius 3 is 2.60 bits per heavy atom. The summed E-state index contributed by atoms with van der Waals surface area (Å²) in [4.78, 5) is 15.9. The van der Waals surface area contributed by atoms with Crippen LogP contribution in [0.2, 0.25) is 5.15 Å². The zero-order valence-corrected chi connectivity index (χ0v) is 11.6. The van der Waals surface area contributed by atoms with Crippen LogP contribution in [0, 0.1) is 6.92 Å². The molecule has 3 N–H and O–H groups in total. The van der Waals surface area contributed by atoms with Gasteiger partial charge in [0.05, 0.1) is 11.4 Å². The first-order valence-corrected chi connectivity index (χ1v) is 6.38. The molecule has 1 aromatic heterocycles. The van der Waals surface area contributed by atoms with Gasteiger partial charge in [-0.15, -0.1) is 0 Å². The van der Waals surface area contributed by atoms with E-state index in [2.05, 4.69) is 15.6 Å². The second-order valence-electron chi connectivity index (χ2n) is 4.17. The Morgan fingerprint density at radius 2 is 1.95 bits per heavy atom. The van der Waals surface area contributed by atoms with E-state index in [1.54, 1.807) is 43.3 Å². The Labute approximate surface area is 121 Å². The molecular formula is C14H14ClN3O2.